The van der Waals surface area contributed by atoms with Crippen molar-refractivity contribution in [1.29, 1.82) is 0 Å². The standard InChI is InChI=1S/C23H29N3O4S/c1-17-7-10-20(31(28,29)25-19-8-9-19)15-21(17)23(27)24-22(18-5-3-2-4-6-18)16-26-11-13-30-14-12-26/h2-7,10,15,19,22,25H,8-9,11-14,16H2,1H3,(H,24,27). The Morgan fingerprint density at radius 3 is 2.52 bits per heavy atom. The predicted molar refractivity (Wildman–Crippen MR) is 118 cm³/mol. The minimum Gasteiger partial charge on any atom is -0.379 e. The van der Waals surface area contributed by atoms with Crippen LogP contribution >= 0.6 is 0 Å². The molecule has 1 saturated carbocycles. The Balaban J connectivity index is 1.55. The quantitative estimate of drug-likeness (QED) is 0.653. The molecule has 0 spiro atoms. The van der Waals surface area contributed by atoms with Crippen molar-refractivity contribution in [3.63, 3.8) is 0 Å². The molecule has 0 aromatic heterocycles. The van der Waals surface area contributed by atoms with Gasteiger partial charge in [0.05, 0.1) is 24.2 Å². The summed E-state index contributed by atoms with van der Waals surface area (Å²) in [6.07, 6.45) is 1.72. The molecule has 2 fully saturated rings. The molecule has 1 amide bonds. The van der Waals surface area contributed by atoms with Crippen LogP contribution in [-0.2, 0) is 14.8 Å². The van der Waals surface area contributed by atoms with E-state index in [9.17, 15) is 13.2 Å². The number of aryl methyl sites for hydroxylation is 1. The molecule has 2 aromatic carbocycles. The minimum atomic E-state index is -3.63. The van der Waals surface area contributed by atoms with Crippen LogP contribution in [0.5, 0.6) is 0 Å². The fourth-order valence-corrected chi connectivity index (χ4v) is 5.03. The van der Waals surface area contributed by atoms with Crippen molar-refractivity contribution < 1.29 is 17.9 Å². The first-order valence-corrected chi connectivity index (χ1v) is 12.2. The van der Waals surface area contributed by atoms with Crippen molar-refractivity contribution in [3.8, 4) is 0 Å². The highest BCUT2D eigenvalue weighted by atomic mass is 32.2. The number of morpholine rings is 1. The van der Waals surface area contributed by atoms with E-state index in [4.69, 9.17) is 4.74 Å². The van der Waals surface area contributed by atoms with Gasteiger partial charge in [-0.1, -0.05) is 36.4 Å². The summed E-state index contributed by atoms with van der Waals surface area (Å²) in [4.78, 5) is 15.6. The largest absolute Gasteiger partial charge is 0.379 e. The third kappa shape index (κ3) is 5.71. The lowest BCUT2D eigenvalue weighted by molar-refractivity contribution is 0.0332. The van der Waals surface area contributed by atoms with Gasteiger partial charge in [-0.3, -0.25) is 9.69 Å². The summed E-state index contributed by atoms with van der Waals surface area (Å²) in [5, 5.41) is 3.13. The average Bonchev–Trinajstić information content (AvgIpc) is 3.58. The van der Waals surface area contributed by atoms with Gasteiger partial charge in [-0.15, -0.1) is 0 Å². The summed E-state index contributed by atoms with van der Waals surface area (Å²) in [6.45, 7) is 5.49. The summed E-state index contributed by atoms with van der Waals surface area (Å²) >= 11 is 0. The molecule has 1 aliphatic carbocycles. The Labute approximate surface area is 183 Å². The molecule has 1 saturated heterocycles. The van der Waals surface area contributed by atoms with Gasteiger partial charge in [0.15, 0.2) is 0 Å². The third-order valence-corrected chi connectivity index (χ3v) is 7.23. The van der Waals surface area contributed by atoms with Crippen molar-refractivity contribution in [2.24, 2.45) is 0 Å². The summed E-state index contributed by atoms with van der Waals surface area (Å²) in [5.41, 5.74) is 2.13. The van der Waals surface area contributed by atoms with E-state index in [-0.39, 0.29) is 22.9 Å². The highest BCUT2D eigenvalue weighted by Gasteiger charge is 2.29. The molecule has 1 aliphatic heterocycles. The number of amides is 1. The highest BCUT2D eigenvalue weighted by molar-refractivity contribution is 7.89. The molecular formula is C23H29N3O4S. The van der Waals surface area contributed by atoms with Crippen LogP contribution in [0.15, 0.2) is 53.4 Å². The summed E-state index contributed by atoms with van der Waals surface area (Å²) in [5.74, 6) is -0.275. The van der Waals surface area contributed by atoms with Crippen LogP contribution in [0.3, 0.4) is 0 Å². The fraction of sp³-hybridized carbons (Fsp3) is 0.435. The molecule has 7 nitrogen and oxygen atoms in total. The van der Waals surface area contributed by atoms with Crippen LogP contribution in [-0.4, -0.2) is 58.1 Å². The highest BCUT2D eigenvalue weighted by Crippen LogP contribution is 2.24. The number of carbonyl (C=O) groups is 1. The molecular weight excluding hydrogens is 414 g/mol. The van der Waals surface area contributed by atoms with E-state index in [1.54, 1.807) is 12.1 Å². The van der Waals surface area contributed by atoms with Crippen LogP contribution in [0, 0.1) is 6.92 Å². The smallest absolute Gasteiger partial charge is 0.252 e. The zero-order valence-corrected chi connectivity index (χ0v) is 18.5. The van der Waals surface area contributed by atoms with Gasteiger partial charge in [0.1, 0.15) is 0 Å². The summed E-state index contributed by atoms with van der Waals surface area (Å²) < 4.78 is 33.3. The van der Waals surface area contributed by atoms with Gasteiger partial charge in [0.2, 0.25) is 10.0 Å². The lowest BCUT2D eigenvalue weighted by Gasteiger charge is -2.31. The second-order valence-electron chi connectivity index (χ2n) is 8.22. The predicted octanol–water partition coefficient (Wildman–Crippen LogP) is 2.24. The SMILES string of the molecule is Cc1ccc(S(=O)(=O)NC2CC2)cc1C(=O)NC(CN1CCOCC1)c1ccccc1. The number of carbonyl (C=O) groups excluding carboxylic acids is 1. The number of benzene rings is 2. The molecule has 1 heterocycles. The number of nitrogens with zero attached hydrogens (tertiary/aromatic N) is 1. The normalized spacial score (nSPS) is 18.5. The van der Waals surface area contributed by atoms with E-state index in [1.807, 2.05) is 37.3 Å². The number of hydrogen-bond acceptors (Lipinski definition) is 5. The molecule has 1 unspecified atom stereocenters. The Morgan fingerprint density at radius 2 is 1.84 bits per heavy atom. The summed E-state index contributed by atoms with van der Waals surface area (Å²) in [7, 11) is -3.63. The summed E-state index contributed by atoms with van der Waals surface area (Å²) in [6, 6.07) is 14.4. The van der Waals surface area contributed by atoms with Gasteiger partial charge in [-0.2, -0.15) is 0 Å². The maximum atomic E-state index is 13.2. The van der Waals surface area contributed by atoms with Crippen LogP contribution in [0.2, 0.25) is 0 Å². The second kappa shape index (κ2) is 9.48. The molecule has 31 heavy (non-hydrogen) atoms. The van der Waals surface area contributed by atoms with Crippen molar-refractivity contribution >= 4 is 15.9 Å². The van der Waals surface area contributed by atoms with Gasteiger partial charge in [0.25, 0.3) is 5.91 Å². The van der Waals surface area contributed by atoms with Crippen molar-refractivity contribution in [3.05, 3.63) is 65.2 Å². The van der Waals surface area contributed by atoms with E-state index < -0.39 is 10.0 Å². The minimum absolute atomic E-state index is 0.0135. The third-order valence-electron chi connectivity index (χ3n) is 5.71. The number of rotatable bonds is 8. The number of hydrogen-bond donors (Lipinski definition) is 2. The molecule has 2 aliphatic rings. The van der Waals surface area contributed by atoms with Crippen LogP contribution in [0.25, 0.3) is 0 Å². The van der Waals surface area contributed by atoms with E-state index in [1.165, 1.54) is 6.07 Å². The molecule has 166 valence electrons. The van der Waals surface area contributed by atoms with Crippen LogP contribution < -0.4 is 10.0 Å². The van der Waals surface area contributed by atoms with Gasteiger partial charge in [0, 0.05) is 31.2 Å². The average molecular weight is 444 g/mol. The molecule has 0 bridgehead atoms. The molecule has 2 N–H and O–H groups in total. The monoisotopic (exact) mass is 443 g/mol. The number of nitrogens with one attached hydrogen (secondary N) is 2. The maximum absolute atomic E-state index is 13.2. The maximum Gasteiger partial charge on any atom is 0.252 e. The van der Waals surface area contributed by atoms with E-state index in [0.29, 0.717) is 25.3 Å². The van der Waals surface area contributed by atoms with Gasteiger partial charge in [-0.05, 0) is 43.0 Å². The lowest BCUT2D eigenvalue weighted by Crippen LogP contribution is -2.43. The Hall–Kier alpha value is -2.26. The van der Waals surface area contributed by atoms with Crippen LogP contribution in [0.1, 0.15) is 40.4 Å². The number of ether oxygens (including phenoxy) is 1. The molecule has 0 radical (unpaired) electrons. The van der Waals surface area contributed by atoms with Gasteiger partial charge < -0.3 is 10.1 Å². The number of sulfonamides is 1. The van der Waals surface area contributed by atoms with Crippen molar-refractivity contribution in [1.82, 2.24) is 14.9 Å². The van der Waals surface area contributed by atoms with Crippen molar-refractivity contribution in [2.45, 2.75) is 36.7 Å². The molecule has 8 heteroatoms. The van der Waals surface area contributed by atoms with Gasteiger partial charge >= 0.3 is 0 Å². The van der Waals surface area contributed by atoms with E-state index in [0.717, 1.165) is 37.1 Å². The van der Waals surface area contributed by atoms with E-state index >= 15 is 0 Å². The van der Waals surface area contributed by atoms with Crippen molar-refractivity contribution in [2.75, 3.05) is 32.8 Å². The topological polar surface area (TPSA) is 87.7 Å². The Morgan fingerprint density at radius 1 is 1.13 bits per heavy atom. The van der Waals surface area contributed by atoms with Crippen LogP contribution in [0.4, 0.5) is 0 Å². The lowest BCUT2D eigenvalue weighted by atomic mass is 10.0. The molecule has 2 aromatic rings. The Kier molecular flexibility index (Phi) is 6.71. The first-order valence-electron chi connectivity index (χ1n) is 10.7. The van der Waals surface area contributed by atoms with E-state index in [2.05, 4.69) is 14.9 Å². The molecule has 4 rings (SSSR count). The Bertz CT molecular complexity index is 1020. The fourth-order valence-electron chi connectivity index (χ4n) is 3.70. The first-order chi connectivity index (χ1) is 14.9. The first kappa shape index (κ1) is 22.0. The second-order valence-corrected chi connectivity index (χ2v) is 9.94. The van der Waals surface area contributed by atoms with Gasteiger partial charge in [-0.25, -0.2) is 13.1 Å². The zero-order chi connectivity index (χ0) is 21.8. The zero-order valence-electron chi connectivity index (χ0n) is 17.7. The molecule has 1 atom stereocenters.